The zero-order valence-electron chi connectivity index (χ0n) is 11.5. The van der Waals surface area contributed by atoms with Crippen LogP contribution in [-0.4, -0.2) is 11.7 Å². The van der Waals surface area contributed by atoms with E-state index in [0.717, 1.165) is 5.56 Å². The van der Waals surface area contributed by atoms with Crippen LogP contribution in [-0.2, 0) is 10.3 Å². The van der Waals surface area contributed by atoms with Gasteiger partial charge in [0.15, 0.2) is 0 Å². The highest BCUT2D eigenvalue weighted by atomic mass is 35.5. The molecule has 0 aromatic heterocycles. The van der Waals surface area contributed by atoms with Crippen molar-refractivity contribution in [3.8, 4) is 0 Å². The molecule has 3 nitrogen and oxygen atoms in total. The van der Waals surface area contributed by atoms with Crippen LogP contribution in [0.1, 0.15) is 40.2 Å². The number of benzene rings is 1. The van der Waals surface area contributed by atoms with Crippen LogP contribution in [0.5, 0.6) is 0 Å². The van der Waals surface area contributed by atoms with Crippen molar-refractivity contribution >= 4 is 17.7 Å². The molecular weight excluding hydrogens is 250 g/mol. The van der Waals surface area contributed by atoms with Crippen molar-refractivity contribution in [2.45, 2.75) is 45.8 Å². The number of nitrogens with one attached hydrogen (secondary N) is 1. The fraction of sp³-hybridized carbons (Fsp3) is 0.500. The molecule has 4 heteroatoms. The molecule has 0 unspecified atom stereocenters. The molecule has 1 N–H and O–H groups in total. The average molecular weight is 270 g/mol. The molecule has 100 valence electrons. The third-order valence-corrected chi connectivity index (χ3v) is 2.63. The Morgan fingerprint density at radius 1 is 1.11 bits per heavy atom. The van der Waals surface area contributed by atoms with Crippen molar-refractivity contribution < 1.29 is 9.53 Å². The summed E-state index contributed by atoms with van der Waals surface area (Å²) >= 11 is 5.84. The summed E-state index contributed by atoms with van der Waals surface area (Å²) in [7, 11) is 0. The van der Waals surface area contributed by atoms with Crippen molar-refractivity contribution in [1.29, 1.82) is 0 Å². The number of ether oxygens (including phenoxy) is 1. The highest BCUT2D eigenvalue weighted by molar-refractivity contribution is 6.30. The topological polar surface area (TPSA) is 38.3 Å². The molecule has 0 bridgehead atoms. The molecule has 0 saturated heterocycles. The van der Waals surface area contributed by atoms with Crippen molar-refractivity contribution in [1.82, 2.24) is 5.32 Å². The first-order valence-electron chi connectivity index (χ1n) is 5.87. The van der Waals surface area contributed by atoms with Crippen molar-refractivity contribution in [2.75, 3.05) is 0 Å². The summed E-state index contributed by atoms with van der Waals surface area (Å²) in [6.07, 6.45) is -0.428. The second kappa shape index (κ2) is 5.19. The predicted molar refractivity (Wildman–Crippen MR) is 73.8 cm³/mol. The first-order valence-corrected chi connectivity index (χ1v) is 6.25. The first-order chi connectivity index (χ1) is 8.10. The van der Waals surface area contributed by atoms with Gasteiger partial charge < -0.3 is 10.1 Å². The van der Waals surface area contributed by atoms with Gasteiger partial charge in [-0.15, -0.1) is 0 Å². The lowest BCUT2D eigenvalue weighted by Gasteiger charge is -2.29. The van der Waals surface area contributed by atoms with Crippen LogP contribution < -0.4 is 5.32 Å². The van der Waals surface area contributed by atoms with E-state index in [1.807, 2.05) is 46.8 Å². The predicted octanol–water partition coefficient (Wildman–Crippen LogP) is 4.10. The monoisotopic (exact) mass is 269 g/mol. The Kier molecular flexibility index (Phi) is 4.28. The van der Waals surface area contributed by atoms with Gasteiger partial charge in [-0.3, -0.25) is 0 Å². The fourth-order valence-corrected chi connectivity index (χ4v) is 1.62. The van der Waals surface area contributed by atoms with E-state index >= 15 is 0 Å². The molecule has 1 rings (SSSR count). The lowest BCUT2D eigenvalue weighted by Crippen LogP contribution is -2.43. The summed E-state index contributed by atoms with van der Waals surface area (Å²) in [6.45, 7) is 9.34. The largest absolute Gasteiger partial charge is 0.444 e. The van der Waals surface area contributed by atoms with E-state index in [0.29, 0.717) is 5.02 Å². The van der Waals surface area contributed by atoms with E-state index in [1.54, 1.807) is 12.1 Å². The van der Waals surface area contributed by atoms with Crippen LogP contribution in [0, 0.1) is 0 Å². The van der Waals surface area contributed by atoms with Crippen molar-refractivity contribution in [3.05, 3.63) is 34.9 Å². The zero-order chi connectivity index (χ0) is 14.0. The minimum Gasteiger partial charge on any atom is -0.444 e. The number of hydrogen-bond acceptors (Lipinski definition) is 2. The normalized spacial score (nSPS) is 12.1. The van der Waals surface area contributed by atoms with Gasteiger partial charge in [0.25, 0.3) is 0 Å². The van der Waals surface area contributed by atoms with Crippen LogP contribution in [0.3, 0.4) is 0 Å². The third-order valence-electron chi connectivity index (χ3n) is 2.38. The van der Waals surface area contributed by atoms with E-state index in [-0.39, 0.29) is 0 Å². The number of hydrogen-bond donors (Lipinski definition) is 1. The number of rotatable bonds is 2. The Bertz CT molecular complexity index is 418. The maximum Gasteiger partial charge on any atom is 0.408 e. The Labute approximate surface area is 113 Å². The van der Waals surface area contributed by atoms with Gasteiger partial charge in [0.05, 0.1) is 5.54 Å². The van der Waals surface area contributed by atoms with Gasteiger partial charge >= 0.3 is 6.09 Å². The molecule has 0 aliphatic rings. The molecule has 0 aliphatic carbocycles. The molecule has 0 saturated carbocycles. The summed E-state index contributed by atoms with van der Waals surface area (Å²) in [5, 5.41) is 3.52. The van der Waals surface area contributed by atoms with E-state index in [9.17, 15) is 4.79 Å². The van der Waals surface area contributed by atoms with E-state index in [4.69, 9.17) is 16.3 Å². The van der Waals surface area contributed by atoms with Gasteiger partial charge in [0, 0.05) is 5.02 Å². The van der Waals surface area contributed by atoms with Crippen LogP contribution in [0.25, 0.3) is 0 Å². The highest BCUT2D eigenvalue weighted by Crippen LogP contribution is 2.22. The Balaban J connectivity index is 2.75. The quantitative estimate of drug-likeness (QED) is 0.878. The molecule has 0 fully saturated rings. The average Bonchev–Trinajstić information content (AvgIpc) is 2.13. The minimum absolute atomic E-state index is 0.428. The van der Waals surface area contributed by atoms with Gasteiger partial charge in [0.2, 0.25) is 0 Å². The Morgan fingerprint density at radius 3 is 2.06 bits per heavy atom. The Morgan fingerprint density at radius 2 is 1.61 bits per heavy atom. The Hall–Kier alpha value is -1.22. The number of amides is 1. The fourth-order valence-electron chi connectivity index (χ4n) is 1.50. The maximum atomic E-state index is 11.8. The summed E-state index contributed by atoms with van der Waals surface area (Å²) in [5.41, 5.74) is -0.0367. The lowest BCUT2D eigenvalue weighted by atomic mass is 9.95. The molecule has 0 radical (unpaired) electrons. The molecule has 0 atom stereocenters. The molecular formula is C14H20ClNO2. The maximum absolute atomic E-state index is 11.8. The third kappa shape index (κ3) is 4.57. The van der Waals surface area contributed by atoms with Crippen LogP contribution in [0.4, 0.5) is 4.79 Å². The number of halogens is 1. The van der Waals surface area contributed by atoms with Crippen molar-refractivity contribution in [2.24, 2.45) is 0 Å². The van der Waals surface area contributed by atoms with Crippen molar-refractivity contribution in [3.63, 3.8) is 0 Å². The van der Waals surface area contributed by atoms with E-state index in [1.165, 1.54) is 0 Å². The molecule has 0 heterocycles. The van der Waals surface area contributed by atoms with E-state index in [2.05, 4.69) is 5.32 Å². The summed E-state index contributed by atoms with van der Waals surface area (Å²) in [5.74, 6) is 0. The second-order valence-electron chi connectivity index (χ2n) is 5.76. The standard InChI is InChI=1S/C14H20ClNO2/c1-13(2,3)18-12(17)16-14(4,5)10-6-8-11(15)9-7-10/h6-9H,1-5H3,(H,16,17). The van der Waals surface area contributed by atoms with Crippen LogP contribution in [0.2, 0.25) is 5.02 Å². The van der Waals surface area contributed by atoms with Gasteiger partial charge in [-0.25, -0.2) is 4.79 Å². The van der Waals surface area contributed by atoms with Crippen LogP contribution in [0.15, 0.2) is 24.3 Å². The molecule has 1 amide bonds. The molecule has 0 spiro atoms. The SMILES string of the molecule is CC(C)(C)OC(=O)NC(C)(C)c1ccc(Cl)cc1. The molecule has 1 aromatic carbocycles. The van der Waals surface area contributed by atoms with Crippen LogP contribution >= 0.6 is 11.6 Å². The molecule has 1 aromatic rings. The first kappa shape index (κ1) is 14.8. The molecule has 18 heavy (non-hydrogen) atoms. The smallest absolute Gasteiger partial charge is 0.408 e. The van der Waals surface area contributed by atoms with Gasteiger partial charge in [-0.05, 0) is 52.3 Å². The summed E-state index contributed by atoms with van der Waals surface area (Å²) < 4.78 is 5.24. The van der Waals surface area contributed by atoms with Gasteiger partial charge in [0.1, 0.15) is 5.60 Å². The minimum atomic E-state index is -0.507. The van der Waals surface area contributed by atoms with Gasteiger partial charge in [-0.2, -0.15) is 0 Å². The summed E-state index contributed by atoms with van der Waals surface area (Å²) in [6, 6.07) is 7.38. The van der Waals surface area contributed by atoms with Gasteiger partial charge in [-0.1, -0.05) is 23.7 Å². The summed E-state index contributed by atoms with van der Waals surface area (Å²) in [4.78, 5) is 11.8. The zero-order valence-corrected chi connectivity index (χ0v) is 12.3. The number of carbonyl (C=O) groups is 1. The second-order valence-corrected chi connectivity index (χ2v) is 6.20. The van der Waals surface area contributed by atoms with E-state index < -0.39 is 17.2 Å². The number of alkyl carbamates (subject to hydrolysis) is 1. The highest BCUT2D eigenvalue weighted by Gasteiger charge is 2.25. The molecule has 0 aliphatic heterocycles. The number of carbonyl (C=O) groups excluding carboxylic acids is 1. The lowest BCUT2D eigenvalue weighted by molar-refractivity contribution is 0.0470.